The van der Waals surface area contributed by atoms with E-state index in [-0.39, 0.29) is 5.91 Å². The third-order valence-electron chi connectivity index (χ3n) is 6.38. The van der Waals surface area contributed by atoms with Gasteiger partial charge in [-0.3, -0.25) is 4.79 Å². The van der Waals surface area contributed by atoms with Crippen molar-refractivity contribution in [3.63, 3.8) is 0 Å². The highest BCUT2D eigenvalue weighted by atomic mass is 16.1. The Hall–Kier alpha value is -4.06. The van der Waals surface area contributed by atoms with Gasteiger partial charge in [-0.25, -0.2) is 4.98 Å². The van der Waals surface area contributed by atoms with Crippen LogP contribution in [0.15, 0.2) is 79.6 Å². The Morgan fingerprint density at radius 3 is 2.71 bits per heavy atom. The molecule has 6 heteroatoms. The Bertz CT molecular complexity index is 1350. The number of benzene rings is 2. The summed E-state index contributed by atoms with van der Waals surface area (Å²) in [5.41, 5.74) is 6.14. The molecule has 1 aliphatic rings. The monoisotopic (exact) mass is 451 g/mol. The molecule has 1 fully saturated rings. The van der Waals surface area contributed by atoms with Gasteiger partial charge in [0.2, 0.25) is 5.91 Å². The number of carbonyl (C=O) groups is 1. The number of para-hydroxylation sites is 1. The number of aryl methyl sites for hydroxylation is 1. The van der Waals surface area contributed by atoms with E-state index in [1.54, 1.807) is 0 Å². The van der Waals surface area contributed by atoms with Gasteiger partial charge in [0.15, 0.2) is 0 Å². The van der Waals surface area contributed by atoms with Gasteiger partial charge in [0.05, 0.1) is 11.4 Å². The molecule has 2 aromatic heterocycles. The number of fused-ring (bicyclic) bond motifs is 1. The maximum atomic E-state index is 12.1. The smallest absolute Gasteiger partial charge is 0.247 e. The Balaban J connectivity index is 1.45. The minimum absolute atomic E-state index is 0.216. The van der Waals surface area contributed by atoms with Crippen LogP contribution in [0.1, 0.15) is 19.3 Å². The van der Waals surface area contributed by atoms with E-state index in [0.29, 0.717) is 0 Å². The lowest BCUT2D eigenvalue weighted by Gasteiger charge is -2.30. The molecular weight excluding hydrogens is 422 g/mol. The Kier molecular flexibility index (Phi) is 6.04. The van der Waals surface area contributed by atoms with Crippen molar-refractivity contribution in [2.75, 3.05) is 28.6 Å². The summed E-state index contributed by atoms with van der Waals surface area (Å²) in [5.74, 6) is 0.531. The molecule has 6 nitrogen and oxygen atoms in total. The molecule has 0 radical (unpaired) electrons. The van der Waals surface area contributed by atoms with Crippen LogP contribution in [-0.2, 0) is 11.8 Å². The van der Waals surface area contributed by atoms with Crippen LogP contribution in [0.25, 0.3) is 22.0 Å². The maximum absolute atomic E-state index is 12.1. The number of piperidine rings is 1. The van der Waals surface area contributed by atoms with Crippen LogP contribution >= 0.6 is 0 Å². The molecule has 2 aromatic carbocycles. The van der Waals surface area contributed by atoms with Gasteiger partial charge in [0.1, 0.15) is 5.82 Å². The first kappa shape index (κ1) is 21.8. The van der Waals surface area contributed by atoms with Gasteiger partial charge in [-0.15, -0.1) is 0 Å². The molecule has 0 spiro atoms. The summed E-state index contributed by atoms with van der Waals surface area (Å²) in [6.45, 7) is 5.59. The number of aromatic nitrogens is 2. The molecule has 0 bridgehead atoms. The van der Waals surface area contributed by atoms with Crippen molar-refractivity contribution in [2.45, 2.75) is 19.3 Å². The van der Waals surface area contributed by atoms with E-state index in [1.165, 1.54) is 41.8 Å². The first-order valence-electron chi connectivity index (χ1n) is 11.7. The first-order chi connectivity index (χ1) is 16.6. The average Bonchev–Trinajstić information content (AvgIpc) is 3.21. The van der Waals surface area contributed by atoms with Gasteiger partial charge in [0, 0.05) is 54.7 Å². The molecule has 34 heavy (non-hydrogen) atoms. The van der Waals surface area contributed by atoms with Gasteiger partial charge < -0.3 is 20.1 Å². The van der Waals surface area contributed by atoms with E-state index in [4.69, 9.17) is 0 Å². The number of rotatable bonds is 6. The molecule has 0 saturated carbocycles. The lowest BCUT2D eigenvalue weighted by atomic mass is 10.1. The minimum atomic E-state index is -0.216. The number of hydrogen-bond acceptors (Lipinski definition) is 4. The number of hydrogen-bond donors (Lipinski definition) is 2. The van der Waals surface area contributed by atoms with Crippen LogP contribution < -0.4 is 15.5 Å². The highest BCUT2D eigenvalue weighted by Gasteiger charge is 2.16. The fraction of sp³-hybridized carbons (Fsp3) is 0.214. The number of nitrogens with one attached hydrogen (secondary N) is 2. The topological polar surface area (TPSA) is 62.2 Å². The SMILES string of the molecule is C=CC(=O)Nc1cc(Nc2cc(-c3cn(C)c4ccccc34)ccn2)ccc1N1CCCCC1. The third kappa shape index (κ3) is 4.39. The van der Waals surface area contributed by atoms with E-state index in [0.717, 1.165) is 41.5 Å². The van der Waals surface area contributed by atoms with Crippen molar-refractivity contribution in [2.24, 2.45) is 7.05 Å². The van der Waals surface area contributed by atoms with Crippen molar-refractivity contribution in [3.8, 4) is 11.1 Å². The van der Waals surface area contributed by atoms with E-state index in [9.17, 15) is 4.79 Å². The zero-order valence-electron chi connectivity index (χ0n) is 19.4. The Labute approximate surface area is 199 Å². The van der Waals surface area contributed by atoms with Crippen molar-refractivity contribution in [1.82, 2.24) is 9.55 Å². The zero-order chi connectivity index (χ0) is 23.5. The molecule has 1 saturated heterocycles. The molecule has 2 N–H and O–H groups in total. The summed E-state index contributed by atoms with van der Waals surface area (Å²) in [6.07, 6.45) is 8.86. The van der Waals surface area contributed by atoms with Crippen molar-refractivity contribution in [1.29, 1.82) is 0 Å². The molecule has 3 heterocycles. The Morgan fingerprint density at radius 1 is 1.06 bits per heavy atom. The maximum Gasteiger partial charge on any atom is 0.247 e. The van der Waals surface area contributed by atoms with Crippen molar-refractivity contribution >= 4 is 39.7 Å². The highest BCUT2D eigenvalue weighted by molar-refractivity contribution is 6.02. The molecule has 5 rings (SSSR count). The third-order valence-corrected chi connectivity index (χ3v) is 6.38. The number of pyridine rings is 1. The molecule has 1 amide bonds. The lowest BCUT2D eigenvalue weighted by molar-refractivity contribution is -0.111. The van der Waals surface area contributed by atoms with Crippen LogP contribution in [0, 0.1) is 0 Å². The lowest BCUT2D eigenvalue weighted by Crippen LogP contribution is -2.30. The number of amides is 1. The van der Waals surface area contributed by atoms with Gasteiger partial charge in [-0.2, -0.15) is 0 Å². The molecule has 0 atom stereocenters. The largest absolute Gasteiger partial charge is 0.370 e. The summed E-state index contributed by atoms with van der Waals surface area (Å²) >= 11 is 0. The number of anilines is 4. The van der Waals surface area contributed by atoms with E-state index < -0.39 is 0 Å². The minimum Gasteiger partial charge on any atom is -0.370 e. The summed E-state index contributed by atoms with van der Waals surface area (Å²) in [4.78, 5) is 19.0. The predicted octanol–water partition coefficient (Wildman–Crippen LogP) is 6.10. The summed E-state index contributed by atoms with van der Waals surface area (Å²) in [5, 5.41) is 7.61. The van der Waals surface area contributed by atoms with Crippen LogP contribution in [0.5, 0.6) is 0 Å². The van der Waals surface area contributed by atoms with E-state index >= 15 is 0 Å². The molecule has 0 aliphatic carbocycles. The van der Waals surface area contributed by atoms with Crippen molar-refractivity contribution in [3.05, 3.63) is 79.6 Å². The van der Waals surface area contributed by atoms with E-state index in [1.807, 2.05) is 24.4 Å². The standard InChI is InChI=1S/C28H29N5O/c1-3-28(34)31-24-18-21(11-12-26(24)33-15-7-4-8-16-33)30-27-17-20(13-14-29-27)23-19-32(2)25-10-6-5-9-22(23)25/h3,5-6,9-14,17-19H,1,4,7-8,15-16H2,2H3,(H,29,30)(H,31,34). The van der Waals surface area contributed by atoms with Crippen LogP contribution in [0.3, 0.4) is 0 Å². The summed E-state index contributed by atoms with van der Waals surface area (Å²) in [6, 6.07) is 18.6. The van der Waals surface area contributed by atoms with Gasteiger partial charge in [-0.1, -0.05) is 24.8 Å². The second-order valence-corrected chi connectivity index (χ2v) is 8.70. The van der Waals surface area contributed by atoms with Crippen LogP contribution in [0.2, 0.25) is 0 Å². The van der Waals surface area contributed by atoms with Crippen LogP contribution in [0.4, 0.5) is 22.9 Å². The molecule has 0 unspecified atom stereocenters. The van der Waals surface area contributed by atoms with Gasteiger partial charge in [-0.05, 0) is 67.3 Å². The molecule has 1 aliphatic heterocycles. The van der Waals surface area contributed by atoms with Crippen molar-refractivity contribution < 1.29 is 4.79 Å². The van der Waals surface area contributed by atoms with Gasteiger partial charge in [0.25, 0.3) is 0 Å². The summed E-state index contributed by atoms with van der Waals surface area (Å²) in [7, 11) is 2.06. The van der Waals surface area contributed by atoms with E-state index in [2.05, 4.69) is 81.3 Å². The Morgan fingerprint density at radius 2 is 1.88 bits per heavy atom. The van der Waals surface area contributed by atoms with Gasteiger partial charge >= 0.3 is 0 Å². The first-order valence-corrected chi connectivity index (χ1v) is 11.7. The zero-order valence-corrected chi connectivity index (χ0v) is 19.4. The number of carbonyl (C=O) groups excluding carboxylic acids is 1. The molecular formula is C28H29N5O. The second-order valence-electron chi connectivity index (χ2n) is 8.70. The average molecular weight is 452 g/mol. The number of nitrogens with zero attached hydrogens (tertiary/aromatic N) is 3. The molecule has 4 aromatic rings. The predicted molar refractivity (Wildman–Crippen MR) is 141 cm³/mol. The summed E-state index contributed by atoms with van der Waals surface area (Å²) < 4.78 is 2.14. The van der Waals surface area contributed by atoms with Crippen LogP contribution in [-0.4, -0.2) is 28.5 Å². The quantitative estimate of drug-likeness (QED) is 0.348. The second kappa shape index (κ2) is 9.43. The highest BCUT2D eigenvalue weighted by Crippen LogP contribution is 2.34. The molecule has 172 valence electrons. The fourth-order valence-corrected chi connectivity index (χ4v) is 4.69. The fourth-order valence-electron chi connectivity index (χ4n) is 4.69. The normalized spacial score (nSPS) is 13.6.